The lowest BCUT2D eigenvalue weighted by atomic mass is 10.3. The number of aliphatic hydroxyl groups excluding tert-OH is 1. The predicted octanol–water partition coefficient (Wildman–Crippen LogP) is 0.741. The van der Waals surface area contributed by atoms with Crippen molar-refractivity contribution in [2.45, 2.75) is 12.5 Å². The largest absolute Gasteiger partial charge is 0.391 e. The van der Waals surface area contributed by atoms with E-state index in [-0.39, 0.29) is 35.4 Å². The second kappa shape index (κ2) is 4.27. The molecule has 1 amide bonds. The Morgan fingerprint density at radius 1 is 1.65 bits per heavy atom. The molecule has 1 aliphatic rings. The molecule has 1 saturated heterocycles. The molecule has 0 saturated carbocycles. The number of halogens is 1. The number of nitro groups is 1. The van der Waals surface area contributed by atoms with Crippen molar-refractivity contribution >= 4 is 29.0 Å². The van der Waals surface area contributed by atoms with Crippen molar-refractivity contribution in [3.05, 3.63) is 27.4 Å². The maximum absolute atomic E-state index is 11.5. The number of aromatic nitrogens is 1. The normalized spacial score (nSPS) is 19.8. The molecule has 0 spiro atoms. The fourth-order valence-corrected chi connectivity index (χ4v) is 1.88. The van der Waals surface area contributed by atoms with Gasteiger partial charge in [-0.1, -0.05) is 11.6 Å². The zero-order valence-corrected chi connectivity index (χ0v) is 9.29. The highest BCUT2D eigenvalue weighted by molar-refractivity contribution is 6.33. The molecule has 90 valence electrons. The van der Waals surface area contributed by atoms with Gasteiger partial charge in [0.2, 0.25) is 5.91 Å². The Bertz CT molecular complexity index is 493. The van der Waals surface area contributed by atoms with Crippen molar-refractivity contribution in [2.24, 2.45) is 0 Å². The van der Waals surface area contributed by atoms with E-state index in [1.54, 1.807) is 0 Å². The molecule has 1 aromatic rings. The minimum Gasteiger partial charge on any atom is -0.391 e. The smallest absolute Gasteiger partial charge is 0.289 e. The standard InChI is InChI=1S/C9H8ClN3O4/c10-7-1-5(13(16)17)3-11-9(7)12-4-6(14)2-8(12)15/h1,3,6,14H,2,4H2. The molecule has 7 nitrogen and oxygen atoms in total. The van der Waals surface area contributed by atoms with Crippen LogP contribution in [0.2, 0.25) is 5.02 Å². The third-order valence-corrected chi connectivity index (χ3v) is 2.66. The van der Waals surface area contributed by atoms with E-state index in [1.807, 2.05) is 0 Å². The number of amides is 1. The Morgan fingerprint density at radius 2 is 2.35 bits per heavy atom. The van der Waals surface area contributed by atoms with Gasteiger partial charge in [-0.25, -0.2) is 4.98 Å². The molecule has 0 bridgehead atoms. The van der Waals surface area contributed by atoms with Gasteiger partial charge in [0.1, 0.15) is 6.20 Å². The summed E-state index contributed by atoms with van der Waals surface area (Å²) >= 11 is 5.82. The molecule has 1 N–H and O–H groups in total. The third-order valence-electron chi connectivity index (χ3n) is 2.38. The number of nitrogens with zero attached hydrogens (tertiary/aromatic N) is 3. The highest BCUT2D eigenvalue weighted by atomic mass is 35.5. The van der Waals surface area contributed by atoms with E-state index in [0.717, 1.165) is 12.3 Å². The molecule has 1 aromatic heterocycles. The summed E-state index contributed by atoms with van der Waals surface area (Å²) in [6, 6.07) is 1.13. The summed E-state index contributed by atoms with van der Waals surface area (Å²) in [7, 11) is 0. The number of carbonyl (C=O) groups excluding carboxylic acids is 1. The Kier molecular flexibility index (Phi) is 2.95. The molecule has 1 fully saturated rings. The fraction of sp³-hybridized carbons (Fsp3) is 0.333. The SMILES string of the molecule is O=C1CC(O)CN1c1ncc([N+](=O)[O-])cc1Cl. The Balaban J connectivity index is 2.34. The van der Waals surface area contributed by atoms with Crippen molar-refractivity contribution in [3.63, 3.8) is 0 Å². The molecule has 2 heterocycles. The first-order valence-corrected chi connectivity index (χ1v) is 5.15. The summed E-state index contributed by atoms with van der Waals surface area (Å²) < 4.78 is 0. The molecule has 17 heavy (non-hydrogen) atoms. The number of pyridine rings is 1. The zero-order chi connectivity index (χ0) is 12.6. The van der Waals surface area contributed by atoms with E-state index >= 15 is 0 Å². The second-order valence-electron chi connectivity index (χ2n) is 3.62. The Morgan fingerprint density at radius 3 is 2.82 bits per heavy atom. The number of aliphatic hydroxyl groups is 1. The van der Waals surface area contributed by atoms with Gasteiger partial charge >= 0.3 is 0 Å². The van der Waals surface area contributed by atoms with Gasteiger partial charge < -0.3 is 5.11 Å². The number of hydrogen-bond donors (Lipinski definition) is 1. The van der Waals surface area contributed by atoms with Crippen LogP contribution >= 0.6 is 11.6 Å². The second-order valence-corrected chi connectivity index (χ2v) is 4.03. The average Bonchev–Trinajstić information content (AvgIpc) is 2.57. The van der Waals surface area contributed by atoms with Crippen molar-refractivity contribution in [1.82, 2.24) is 4.98 Å². The highest BCUT2D eigenvalue weighted by Gasteiger charge is 2.31. The molecule has 2 rings (SSSR count). The van der Waals surface area contributed by atoms with Gasteiger partial charge in [-0.2, -0.15) is 0 Å². The number of rotatable bonds is 2. The molecule has 0 aromatic carbocycles. The number of hydrogen-bond acceptors (Lipinski definition) is 5. The quantitative estimate of drug-likeness (QED) is 0.623. The summed E-state index contributed by atoms with van der Waals surface area (Å²) in [6.07, 6.45) is 0.282. The maximum Gasteiger partial charge on any atom is 0.289 e. The van der Waals surface area contributed by atoms with E-state index in [0.29, 0.717) is 0 Å². The predicted molar refractivity (Wildman–Crippen MR) is 58.9 cm³/mol. The summed E-state index contributed by atoms with van der Waals surface area (Å²) in [5.74, 6) is -0.167. The number of carbonyl (C=O) groups is 1. The van der Waals surface area contributed by atoms with Gasteiger partial charge in [-0.15, -0.1) is 0 Å². The van der Waals surface area contributed by atoms with E-state index in [9.17, 15) is 20.0 Å². The lowest BCUT2D eigenvalue weighted by Crippen LogP contribution is -2.26. The van der Waals surface area contributed by atoms with E-state index < -0.39 is 11.0 Å². The van der Waals surface area contributed by atoms with E-state index in [1.165, 1.54) is 4.90 Å². The van der Waals surface area contributed by atoms with Crippen molar-refractivity contribution in [3.8, 4) is 0 Å². The van der Waals surface area contributed by atoms with Gasteiger partial charge in [-0.3, -0.25) is 19.8 Å². The van der Waals surface area contributed by atoms with Gasteiger partial charge in [0.25, 0.3) is 5.69 Å². The number of β-amino-alcohol motifs (C(OH)–C–C–N with tert-alkyl or cyclic N) is 1. The Labute approximate surface area is 101 Å². The first-order valence-electron chi connectivity index (χ1n) is 4.77. The lowest BCUT2D eigenvalue weighted by Gasteiger charge is -2.15. The van der Waals surface area contributed by atoms with Crippen LogP contribution in [0.5, 0.6) is 0 Å². The van der Waals surface area contributed by atoms with Crippen LogP contribution in [-0.2, 0) is 4.79 Å². The minimum atomic E-state index is -0.754. The van der Waals surface area contributed by atoms with Crippen molar-refractivity contribution < 1.29 is 14.8 Å². The van der Waals surface area contributed by atoms with Gasteiger partial charge in [0.15, 0.2) is 5.82 Å². The number of anilines is 1. The molecule has 8 heteroatoms. The minimum absolute atomic E-state index is 0.00893. The molecule has 1 aliphatic heterocycles. The van der Waals surface area contributed by atoms with E-state index in [2.05, 4.69) is 4.98 Å². The lowest BCUT2D eigenvalue weighted by molar-refractivity contribution is -0.385. The van der Waals surface area contributed by atoms with Crippen molar-refractivity contribution in [1.29, 1.82) is 0 Å². The van der Waals surface area contributed by atoms with Crippen LogP contribution in [-0.4, -0.2) is 33.6 Å². The van der Waals surface area contributed by atoms with Gasteiger partial charge in [-0.05, 0) is 0 Å². The summed E-state index contributed by atoms with van der Waals surface area (Å²) in [4.78, 5) is 26.4. The van der Waals surface area contributed by atoms with Crippen molar-refractivity contribution in [2.75, 3.05) is 11.4 Å². The first kappa shape index (κ1) is 11.7. The van der Waals surface area contributed by atoms with Crippen LogP contribution in [0.3, 0.4) is 0 Å². The van der Waals surface area contributed by atoms with Crippen LogP contribution in [0.1, 0.15) is 6.42 Å². The Hall–Kier alpha value is -1.73. The highest BCUT2D eigenvalue weighted by Crippen LogP contribution is 2.29. The summed E-state index contributed by atoms with van der Waals surface area (Å²) in [5, 5.41) is 19.8. The van der Waals surface area contributed by atoms with Crippen LogP contribution in [0.4, 0.5) is 11.5 Å². The fourth-order valence-electron chi connectivity index (χ4n) is 1.61. The molecular formula is C9H8ClN3O4. The molecule has 1 unspecified atom stereocenters. The third kappa shape index (κ3) is 2.20. The summed E-state index contributed by atoms with van der Waals surface area (Å²) in [6.45, 7) is 0.101. The van der Waals surface area contributed by atoms with Crippen LogP contribution in [0.15, 0.2) is 12.3 Å². The average molecular weight is 258 g/mol. The zero-order valence-electron chi connectivity index (χ0n) is 8.54. The van der Waals surface area contributed by atoms with Crippen LogP contribution < -0.4 is 4.90 Å². The van der Waals surface area contributed by atoms with Crippen LogP contribution in [0, 0.1) is 10.1 Å². The monoisotopic (exact) mass is 257 g/mol. The molecule has 0 aliphatic carbocycles. The topological polar surface area (TPSA) is 96.6 Å². The molecule has 1 atom stereocenters. The molecular weight excluding hydrogens is 250 g/mol. The van der Waals surface area contributed by atoms with Gasteiger partial charge in [0, 0.05) is 6.07 Å². The maximum atomic E-state index is 11.5. The van der Waals surface area contributed by atoms with E-state index in [4.69, 9.17) is 11.6 Å². The van der Waals surface area contributed by atoms with Crippen LogP contribution in [0.25, 0.3) is 0 Å². The first-order chi connectivity index (χ1) is 7.99. The molecule has 0 radical (unpaired) electrons. The van der Waals surface area contributed by atoms with Gasteiger partial charge in [0.05, 0.1) is 29.0 Å². The summed E-state index contributed by atoms with van der Waals surface area (Å²) in [5.41, 5.74) is -0.244.